The minimum atomic E-state index is -0.430. The van der Waals surface area contributed by atoms with Crippen LogP contribution in [0.4, 0.5) is 14.3 Å². The molecule has 0 spiro atoms. The molecule has 10 heteroatoms. The monoisotopic (exact) mass is 400 g/mol. The van der Waals surface area contributed by atoms with Crippen LogP contribution < -0.4 is 16.0 Å². The molecule has 3 aromatic rings. The summed E-state index contributed by atoms with van der Waals surface area (Å²) in [4.78, 5) is 28.1. The van der Waals surface area contributed by atoms with Gasteiger partial charge in [0.2, 0.25) is 0 Å². The van der Waals surface area contributed by atoms with E-state index in [-0.39, 0.29) is 24.0 Å². The normalized spacial score (nSPS) is 10.3. The first kappa shape index (κ1) is 19.4. The Hall–Kier alpha value is -3.40. The highest BCUT2D eigenvalue weighted by Crippen LogP contribution is 2.15. The molecule has 0 unspecified atom stereocenters. The van der Waals surface area contributed by atoms with E-state index in [1.807, 2.05) is 0 Å². The van der Waals surface area contributed by atoms with Crippen molar-refractivity contribution < 1.29 is 14.0 Å². The molecular weight excluding hydrogens is 383 g/mol. The Kier molecular flexibility index (Phi) is 6.58. The van der Waals surface area contributed by atoms with E-state index in [0.717, 1.165) is 5.69 Å². The SMILES string of the molecule is O=C(NCc1cccc(F)c1)Nc1nc(CCNC(=O)c2cccnn2)cs1. The Labute approximate surface area is 164 Å². The zero-order chi connectivity index (χ0) is 19.8. The first-order chi connectivity index (χ1) is 13.6. The van der Waals surface area contributed by atoms with Crippen molar-refractivity contribution in [3.05, 3.63) is 70.7 Å². The second-order valence-electron chi connectivity index (χ2n) is 5.70. The number of carbonyl (C=O) groups is 2. The molecular formula is C18H17FN6O2S. The highest BCUT2D eigenvalue weighted by atomic mass is 32.1. The predicted molar refractivity (Wildman–Crippen MR) is 102 cm³/mol. The van der Waals surface area contributed by atoms with Crippen molar-refractivity contribution in [2.45, 2.75) is 13.0 Å². The molecule has 0 fully saturated rings. The van der Waals surface area contributed by atoms with Crippen LogP contribution in [0.25, 0.3) is 0 Å². The number of aromatic nitrogens is 3. The van der Waals surface area contributed by atoms with Crippen molar-refractivity contribution in [2.75, 3.05) is 11.9 Å². The highest BCUT2D eigenvalue weighted by Gasteiger charge is 2.09. The van der Waals surface area contributed by atoms with E-state index >= 15 is 0 Å². The molecule has 0 bridgehead atoms. The van der Waals surface area contributed by atoms with Crippen LogP contribution in [-0.4, -0.2) is 33.7 Å². The van der Waals surface area contributed by atoms with Gasteiger partial charge in [0, 0.05) is 31.1 Å². The summed E-state index contributed by atoms with van der Waals surface area (Å²) in [6, 6.07) is 8.80. The summed E-state index contributed by atoms with van der Waals surface area (Å²) in [7, 11) is 0. The van der Waals surface area contributed by atoms with Crippen LogP contribution in [0, 0.1) is 5.82 Å². The number of thiazole rings is 1. The summed E-state index contributed by atoms with van der Waals surface area (Å²) in [6.45, 7) is 0.584. The van der Waals surface area contributed by atoms with Gasteiger partial charge in [0.1, 0.15) is 5.82 Å². The molecule has 2 heterocycles. The van der Waals surface area contributed by atoms with E-state index in [9.17, 15) is 14.0 Å². The van der Waals surface area contributed by atoms with Crippen molar-refractivity contribution in [2.24, 2.45) is 0 Å². The molecule has 0 aliphatic carbocycles. The first-order valence-corrected chi connectivity index (χ1v) is 9.28. The molecule has 0 radical (unpaired) electrons. The number of nitrogens with zero attached hydrogens (tertiary/aromatic N) is 3. The number of halogens is 1. The summed E-state index contributed by atoms with van der Waals surface area (Å²) >= 11 is 1.28. The number of rotatable bonds is 7. The van der Waals surface area contributed by atoms with Gasteiger partial charge in [-0.1, -0.05) is 12.1 Å². The third kappa shape index (κ3) is 5.81. The predicted octanol–water partition coefficient (Wildman–Crippen LogP) is 2.37. The Bertz CT molecular complexity index is 950. The number of carbonyl (C=O) groups excluding carboxylic acids is 2. The number of benzene rings is 1. The van der Waals surface area contributed by atoms with Gasteiger partial charge in [-0.05, 0) is 29.8 Å². The summed E-state index contributed by atoms with van der Waals surface area (Å²) in [5.74, 6) is -0.658. The molecule has 28 heavy (non-hydrogen) atoms. The molecule has 0 atom stereocenters. The van der Waals surface area contributed by atoms with Crippen LogP contribution in [0.2, 0.25) is 0 Å². The maximum absolute atomic E-state index is 13.1. The van der Waals surface area contributed by atoms with Crippen molar-refractivity contribution in [3.63, 3.8) is 0 Å². The maximum atomic E-state index is 13.1. The van der Waals surface area contributed by atoms with Gasteiger partial charge in [-0.25, -0.2) is 14.2 Å². The fourth-order valence-corrected chi connectivity index (χ4v) is 3.01. The zero-order valence-electron chi connectivity index (χ0n) is 14.7. The van der Waals surface area contributed by atoms with Crippen molar-refractivity contribution in [1.29, 1.82) is 0 Å². The zero-order valence-corrected chi connectivity index (χ0v) is 15.5. The van der Waals surface area contributed by atoms with E-state index in [1.165, 1.54) is 29.7 Å². The topological polar surface area (TPSA) is 109 Å². The number of urea groups is 1. The Morgan fingerprint density at radius 1 is 1.14 bits per heavy atom. The smallest absolute Gasteiger partial charge is 0.321 e. The van der Waals surface area contributed by atoms with Gasteiger partial charge >= 0.3 is 6.03 Å². The molecule has 3 N–H and O–H groups in total. The molecule has 0 aliphatic heterocycles. The second kappa shape index (κ2) is 9.51. The maximum Gasteiger partial charge on any atom is 0.321 e. The van der Waals surface area contributed by atoms with Crippen molar-refractivity contribution in [3.8, 4) is 0 Å². The fraction of sp³-hybridized carbons (Fsp3) is 0.167. The molecule has 144 valence electrons. The van der Waals surface area contributed by atoms with Crippen LogP contribution >= 0.6 is 11.3 Å². The van der Waals surface area contributed by atoms with Gasteiger partial charge in [0.15, 0.2) is 10.8 Å². The average molecular weight is 400 g/mol. The lowest BCUT2D eigenvalue weighted by atomic mass is 10.2. The minimum absolute atomic E-state index is 0.205. The molecule has 1 aromatic carbocycles. The van der Waals surface area contributed by atoms with Gasteiger partial charge in [-0.2, -0.15) is 5.10 Å². The molecule has 3 rings (SSSR count). The van der Waals surface area contributed by atoms with Crippen LogP contribution in [0.1, 0.15) is 21.7 Å². The molecule has 8 nitrogen and oxygen atoms in total. The van der Waals surface area contributed by atoms with Crippen LogP contribution in [0.3, 0.4) is 0 Å². The lowest BCUT2D eigenvalue weighted by molar-refractivity contribution is 0.0948. The van der Waals surface area contributed by atoms with Gasteiger partial charge in [0.05, 0.1) is 5.69 Å². The number of anilines is 1. The highest BCUT2D eigenvalue weighted by molar-refractivity contribution is 7.13. The van der Waals surface area contributed by atoms with Crippen LogP contribution in [0.5, 0.6) is 0 Å². The van der Waals surface area contributed by atoms with E-state index in [4.69, 9.17) is 0 Å². The second-order valence-corrected chi connectivity index (χ2v) is 6.55. The number of nitrogens with one attached hydrogen (secondary N) is 3. The van der Waals surface area contributed by atoms with Gasteiger partial charge < -0.3 is 10.6 Å². The summed E-state index contributed by atoms with van der Waals surface area (Å²) in [6.07, 6.45) is 2.00. The van der Waals surface area contributed by atoms with Crippen LogP contribution in [0.15, 0.2) is 48.0 Å². The van der Waals surface area contributed by atoms with Crippen molar-refractivity contribution >= 4 is 28.4 Å². The largest absolute Gasteiger partial charge is 0.350 e. The quantitative estimate of drug-likeness (QED) is 0.564. The molecule has 0 aliphatic rings. The summed E-state index contributed by atoms with van der Waals surface area (Å²) < 4.78 is 13.1. The Morgan fingerprint density at radius 3 is 2.82 bits per heavy atom. The lowest BCUT2D eigenvalue weighted by Crippen LogP contribution is -2.28. The summed E-state index contributed by atoms with van der Waals surface area (Å²) in [5, 5.41) is 17.6. The third-order valence-electron chi connectivity index (χ3n) is 3.59. The minimum Gasteiger partial charge on any atom is -0.350 e. The molecule has 2 aromatic heterocycles. The standard InChI is InChI=1S/C18H17FN6O2S/c19-13-4-1-3-12(9-13)10-21-17(27)24-18-23-14(11-28-18)6-8-20-16(26)15-5-2-7-22-25-15/h1-5,7,9,11H,6,8,10H2,(H,20,26)(H2,21,23,24,27). The summed E-state index contributed by atoms with van der Waals surface area (Å²) in [5.41, 5.74) is 1.65. The van der Waals surface area contributed by atoms with Gasteiger partial charge in [-0.15, -0.1) is 16.4 Å². The molecule has 0 saturated heterocycles. The van der Waals surface area contributed by atoms with Gasteiger partial charge in [0.25, 0.3) is 5.91 Å². The van der Waals surface area contributed by atoms with E-state index < -0.39 is 6.03 Å². The Balaban J connectivity index is 1.41. The Morgan fingerprint density at radius 2 is 2.04 bits per heavy atom. The van der Waals surface area contributed by atoms with E-state index in [2.05, 4.69) is 31.1 Å². The molecule has 0 saturated carbocycles. The number of amides is 3. The lowest BCUT2D eigenvalue weighted by Gasteiger charge is -2.05. The molecule has 3 amide bonds. The van der Waals surface area contributed by atoms with Gasteiger partial charge in [-0.3, -0.25) is 10.1 Å². The average Bonchev–Trinajstić information content (AvgIpc) is 3.14. The first-order valence-electron chi connectivity index (χ1n) is 8.40. The number of hydrogen-bond donors (Lipinski definition) is 3. The van der Waals surface area contributed by atoms with E-state index in [0.29, 0.717) is 23.7 Å². The van der Waals surface area contributed by atoms with Crippen LogP contribution in [-0.2, 0) is 13.0 Å². The van der Waals surface area contributed by atoms with Crippen molar-refractivity contribution in [1.82, 2.24) is 25.8 Å². The number of hydrogen-bond acceptors (Lipinski definition) is 6. The van der Waals surface area contributed by atoms with E-state index in [1.54, 1.807) is 29.6 Å². The third-order valence-corrected chi connectivity index (χ3v) is 4.39. The fourth-order valence-electron chi connectivity index (χ4n) is 2.27.